The molecular formula is C14H21NOS. The second kappa shape index (κ2) is 5.67. The van der Waals surface area contributed by atoms with Crippen LogP contribution in [0, 0.1) is 0 Å². The average Bonchev–Trinajstić information content (AvgIpc) is 3.15. The summed E-state index contributed by atoms with van der Waals surface area (Å²) in [7, 11) is 0. The number of ether oxygens (including phenoxy) is 1. The third kappa shape index (κ3) is 3.32. The summed E-state index contributed by atoms with van der Waals surface area (Å²) < 4.78 is 6.22. The number of hydrogen-bond donors (Lipinski definition) is 1. The first kappa shape index (κ1) is 12.6. The van der Waals surface area contributed by atoms with E-state index >= 15 is 0 Å². The van der Waals surface area contributed by atoms with Crippen molar-refractivity contribution in [1.82, 2.24) is 0 Å². The van der Waals surface area contributed by atoms with Crippen LogP contribution < -0.4 is 10.1 Å². The Morgan fingerprint density at radius 1 is 1.35 bits per heavy atom. The second-order valence-corrected chi connectivity index (χ2v) is 5.86. The summed E-state index contributed by atoms with van der Waals surface area (Å²) in [6.07, 6.45) is 5.91. The van der Waals surface area contributed by atoms with Crippen LogP contribution in [-0.2, 0) is 0 Å². The van der Waals surface area contributed by atoms with Crippen LogP contribution in [0.25, 0.3) is 0 Å². The third-order valence-corrected chi connectivity index (χ3v) is 4.61. The highest BCUT2D eigenvalue weighted by molar-refractivity contribution is 8.00. The quantitative estimate of drug-likeness (QED) is 0.797. The summed E-state index contributed by atoms with van der Waals surface area (Å²) in [6.45, 7) is 3.95. The van der Waals surface area contributed by atoms with Gasteiger partial charge in [0.25, 0.3) is 0 Å². The van der Waals surface area contributed by atoms with Gasteiger partial charge in [0.15, 0.2) is 0 Å². The van der Waals surface area contributed by atoms with Crippen molar-refractivity contribution in [1.29, 1.82) is 0 Å². The van der Waals surface area contributed by atoms with Crippen LogP contribution in [0.5, 0.6) is 5.75 Å². The Morgan fingerprint density at radius 2 is 2.12 bits per heavy atom. The summed E-state index contributed by atoms with van der Waals surface area (Å²) in [5, 5.41) is 3.53. The predicted octanol–water partition coefficient (Wildman–Crippen LogP) is 3.78. The fourth-order valence-corrected chi connectivity index (χ4v) is 2.53. The van der Waals surface area contributed by atoms with Gasteiger partial charge >= 0.3 is 0 Å². The highest BCUT2D eigenvalue weighted by atomic mass is 32.2. The zero-order valence-corrected chi connectivity index (χ0v) is 11.5. The molecule has 0 heterocycles. The minimum atomic E-state index is 0.484. The highest BCUT2D eigenvalue weighted by Crippen LogP contribution is 2.47. The van der Waals surface area contributed by atoms with Gasteiger partial charge in [-0.25, -0.2) is 0 Å². The number of benzene rings is 1. The molecule has 0 atom stereocenters. The van der Waals surface area contributed by atoms with Gasteiger partial charge in [-0.15, -0.1) is 0 Å². The Morgan fingerprint density at radius 3 is 2.76 bits per heavy atom. The Labute approximate surface area is 108 Å². The Kier molecular flexibility index (Phi) is 4.21. The maximum absolute atomic E-state index is 5.74. The topological polar surface area (TPSA) is 21.3 Å². The van der Waals surface area contributed by atoms with Crippen LogP contribution in [0.2, 0.25) is 0 Å². The zero-order chi connectivity index (χ0) is 12.1. The van der Waals surface area contributed by atoms with E-state index in [-0.39, 0.29) is 0 Å². The third-order valence-electron chi connectivity index (χ3n) is 3.19. The maximum Gasteiger partial charge on any atom is 0.142 e. The second-order valence-electron chi connectivity index (χ2n) is 4.59. The molecule has 1 aliphatic carbocycles. The molecular weight excluding hydrogens is 230 g/mol. The Hall–Kier alpha value is -0.830. The molecule has 1 aromatic carbocycles. The molecule has 1 N–H and O–H groups in total. The average molecular weight is 251 g/mol. The Bertz CT molecular complexity index is 363. The normalized spacial score (nSPS) is 16.6. The van der Waals surface area contributed by atoms with E-state index in [1.165, 1.54) is 12.8 Å². The molecule has 1 aromatic rings. The van der Waals surface area contributed by atoms with Crippen LogP contribution in [0.1, 0.15) is 26.2 Å². The molecule has 1 aliphatic rings. The van der Waals surface area contributed by atoms with Crippen molar-refractivity contribution >= 4 is 17.4 Å². The lowest BCUT2D eigenvalue weighted by atomic mass is 10.2. The summed E-state index contributed by atoms with van der Waals surface area (Å²) in [5.74, 6) is 0.978. The van der Waals surface area contributed by atoms with Crippen molar-refractivity contribution in [3.05, 3.63) is 24.3 Å². The number of para-hydroxylation sites is 2. The molecule has 3 heteroatoms. The monoisotopic (exact) mass is 251 g/mol. The molecule has 0 bridgehead atoms. The molecule has 2 rings (SSSR count). The van der Waals surface area contributed by atoms with Crippen LogP contribution in [-0.4, -0.2) is 24.2 Å². The van der Waals surface area contributed by atoms with Crippen LogP contribution in [0.4, 0.5) is 5.69 Å². The molecule has 0 spiro atoms. The van der Waals surface area contributed by atoms with E-state index in [0.717, 1.165) is 31.0 Å². The molecule has 0 amide bonds. The molecule has 0 aromatic heterocycles. The van der Waals surface area contributed by atoms with Crippen molar-refractivity contribution in [2.75, 3.05) is 24.7 Å². The van der Waals surface area contributed by atoms with Gasteiger partial charge in [0.05, 0.1) is 12.3 Å². The van der Waals surface area contributed by atoms with Gasteiger partial charge in [0.1, 0.15) is 5.75 Å². The molecule has 17 heavy (non-hydrogen) atoms. The molecule has 2 nitrogen and oxygen atoms in total. The van der Waals surface area contributed by atoms with Crippen molar-refractivity contribution in [2.24, 2.45) is 0 Å². The van der Waals surface area contributed by atoms with Gasteiger partial charge in [0.2, 0.25) is 0 Å². The number of anilines is 1. The van der Waals surface area contributed by atoms with E-state index in [1.807, 2.05) is 23.9 Å². The van der Waals surface area contributed by atoms with Crippen LogP contribution >= 0.6 is 11.8 Å². The number of thioether (sulfide) groups is 1. The predicted molar refractivity (Wildman–Crippen MR) is 76.2 cm³/mol. The molecule has 1 saturated carbocycles. The van der Waals surface area contributed by atoms with Gasteiger partial charge < -0.3 is 10.1 Å². The molecule has 94 valence electrons. The summed E-state index contributed by atoms with van der Waals surface area (Å²) in [4.78, 5) is 0. The lowest BCUT2D eigenvalue weighted by Crippen LogP contribution is -2.17. The van der Waals surface area contributed by atoms with Crippen LogP contribution in [0.3, 0.4) is 0 Å². The fraction of sp³-hybridized carbons (Fsp3) is 0.571. The molecule has 0 saturated heterocycles. The minimum Gasteiger partial charge on any atom is -0.491 e. The van der Waals surface area contributed by atoms with Gasteiger partial charge in [-0.05, 0) is 37.7 Å². The van der Waals surface area contributed by atoms with E-state index in [9.17, 15) is 0 Å². The molecule has 1 fully saturated rings. The number of hydrogen-bond acceptors (Lipinski definition) is 3. The van der Waals surface area contributed by atoms with Crippen LogP contribution in [0.15, 0.2) is 24.3 Å². The SMILES string of the molecule is CCCOc1ccccc1NCC1(SC)CC1. The van der Waals surface area contributed by atoms with E-state index in [0.29, 0.717) is 4.75 Å². The first-order valence-corrected chi connectivity index (χ1v) is 7.53. The first-order chi connectivity index (χ1) is 8.29. The first-order valence-electron chi connectivity index (χ1n) is 6.30. The van der Waals surface area contributed by atoms with Gasteiger partial charge in [-0.3, -0.25) is 0 Å². The van der Waals surface area contributed by atoms with E-state index in [2.05, 4.69) is 30.6 Å². The number of rotatable bonds is 7. The van der Waals surface area contributed by atoms with Crippen molar-refractivity contribution in [3.63, 3.8) is 0 Å². The van der Waals surface area contributed by atoms with Crippen molar-refractivity contribution in [2.45, 2.75) is 30.9 Å². The van der Waals surface area contributed by atoms with E-state index < -0.39 is 0 Å². The Balaban J connectivity index is 1.94. The molecule has 0 aliphatic heterocycles. The van der Waals surface area contributed by atoms with Gasteiger partial charge in [-0.1, -0.05) is 19.1 Å². The number of nitrogens with one attached hydrogen (secondary N) is 1. The maximum atomic E-state index is 5.74. The zero-order valence-electron chi connectivity index (χ0n) is 10.7. The summed E-state index contributed by atoms with van der Waals surface area (Å²) in [6, 6.07) is 8.22. The molecule has 0 unspecified atom stereocenters. The van der Waals surface area contributed by atoms with Gasteiger partial charge in [0, 0.05) is 11.3 Å². The van der Waals surface area contributed by atoms with Crippen molar-refractivity contribution in [3.8, 4) is 5.75 Å². The fourth-order valence-electron chi connectivity index (χ4n) is 1.80. The molecule has 0 radical (unpaired) electrons. The van der Waals surface area contributed by atoms with E-state index in [1.54, 1.807) is 0 Å². The standard InChI is InChI=1S/C14H21NOS/c1-3-10-16-13-7-5-4-6-12(13)15-11-14(17-2)8-9-14/h4-7,15H,3,8-11H2,1-2H3. The minimum absolute atomic E-state index is 0.484. The van der Waals surface area contributed by atoms with Gasteiger partial charge in [-0.2, -0.15) is 11.8 Å². The highest BCUT2D eigenvalue weighted by Gasteiger charge is 2.41. The van der Waals surface area contributed by atoms with Crippen molar-refractivity contribution < 1.29 is 4.74 Å². The smallest absolute Gasteiger partial charge is 0.142 e. The summed E-state index contributed by atoms with van der Waals surface area (Å²) >= 11 is 1.98. The van der Waals surface area contributed by atoms with E-state index in [4.69, 9.17) is 4.74 Å². The lowest BCUT2D eigenvalue weighted by molar-refractivity contribution is 0.319. The summed E-state index contributed by atoms with van der Waals surface area (Å²) in [5.41, 5.74) is 1.13. The lowest BCUT2D eigenvalue weighted by Gasteiger charge is -2.17. The largest absolute Gasteiger partial charge is 0.491 e.